The van der Waals surface area contributed by atoms with E-state index in [1.54, 1.807) is 0 Å². The molecule has 10 aromatic rings. The van der Waals surface area contributed by atoms with Crippen LogP contribution in [0.15, 0.2) is 152 Å². The molecule has 4 heterocycles. The van der Waals surface area contributed by atoms with Gasteiger partial charge in [0.15, 0.2) is 0 Å². The third-order valence-electron chi connectivity index (χ3n) is 10.9. The van der Waals surface area contributed by atoms with E-state index in [2.05, 4.69) is 161 Å². The van der Waals surface area contributed by atoms with E-state index in [4.69, 9.17) is 0 Å². The van der Waals surface area contributed by atoms with E-state index in [1.807, 2.05) is 11.3 Å². The van der Waals surface area contributed by atoms with Gasteiger partial charge in [-0.1, -0.05) is 127 Å². The third kappa shape index (κ3) is 3.01. The molecule has 0 saturated carbocycles. The van der Waals surface area contributed by atoms with E-state index in [9.17, 15) is 0 Å². The monoisotopic (exact) mass is 624 g/mol. The second-order valence-electron chi connectivity index (χ2n) is 13.2. The Labute approximate surface area is 280 Å². The van der Waals surface area contributed by atoms with Crippen LogP contribution in [0.1, 0.15) is 0 Å². The maximum atomic E-state index is 2.67. The number of benzene rings is 8. The summed E-state index contributed by atoms with van der Waals surface area (Å²) in [5, 5.41) is 10.4. The lowest BCUT2D eigenvalue weighted by Gasteiger charge is -2.41. The average Bonchev–Trinajstić information content (AvgIpc) is 3.69. The van der Waals surface area contributed by atoms with Crippen LogP contribution in [0.3, 0.4) is 0 Å². The molecule has 0 radical (unpaired) electrons. The van der Waals surface area contributed by atoms with Crippen LogP contribution in [0.25, 0.3) is 74.6 Å². The van der Waals surface area contributed by atoms with Crippen molar-refractivity contribution in [1.29, 1.82) is 0 Å². The molecule has 2 aliphatic rings. The summed E-state index contributed by atoms with van der Waals surface area (Å²) in [6.07, 6.45) is 0. The second kappa shape index (κ2) is 8.94. The zero-order valence-electron chi connectivity index (χ0n) is 25.8. The molecule has 12 rings (SSSR count). The largest absolute Gasteiger partial charge is 0.375 e. The maximum Gasteiger partial charge on any atom is 0.333 e. The Hall–Kier alpha value is -5.84. The Kier molecular flexibility index (Phi) is 4.71. The Bertz CT molecular complexity index is 3040. The minimum atomic E-state index is 0.0150. The summed E-state index contributed by atoms with van der Waals surface area (Å²) in [7, 11) is 0. The molecule has 2 aliphatic heterocycles. The van der Waals surface area contributed by atoms with Gasteiger partial charge in [0, 0.05) is 64.0 Å². The molecule has 0 spiro atoms. The van der Waals surface area contributed by atoms with Crippen molar-refractivity contribution in [2.45, 2.75) is 0 Å². The molecule has 0 amide bonds. The van der Waals surface area contributed by atoms with E-state index >= 15 is 0 Å². The van der Waals surface area contributed by atoms with Crippen LogP contribution in [0.2, 0.25) is 0 Å². The predicted molar refractivity (Wildman–Crippen MR) is 208 cm³/mol. The summed E-state index contributed by atoms with van der Waals surface area (Å²) in [5.41, 5.74) is 11.8. The smallest absolute Gasteiger partial charge is 0.333 e. The number of thiophene rings is 1. The molecule has 0 N–H and O–H groups in total. The first-order chi connectivity index (χ1) is 23.8. The van der Waals surface area contributed by atoms with E-state index < -0.39 is 0 Å². The fourth-order valence-electron chi connectivity index (χ4n) is 9.09. The Morgan fingerprint density at radius 2 is 1.19 bits per heavy atom. The topological polar surface area (TPSA) is 8.17 Å². The van der Waals surface area contributed by atoms with Crippen molar-refractivity contribution >= 4 is 110 Å². The second-order valence-corrected chi connectivity index (χ2v) is 14.3. The molecule has 0 fully saturated rings. The highest BCUT2D eigenvalue weighted by Gasteiger charge is 2.44. The third-order valence-corrected chi connectivity index (χ3v) is 12.0. The van der Waals surface area contributed by atoms with Crippen LogP contribution >= 0.6 is 11.3 Å². The first kappa shape index (κ1) is 25.3. The molecule has 8 aromatic carbocycles. The highest BCUT2D eigenvalue weighted by molar-refractivity contribution is 7.26. The van der Waals surface area contributed by atoms with E-state index in [1.165, 1.54) is 103 Å². The van der Waals surface area contributed by atoms with Crippen molar-refractivity contribution in [2.75, 3.05) is 4.90 Å². The SMILES string of the molecule is c1ccc2c(N3c4cc5sc6ccccc6c5c5c4B(c4ccc6ccccc6c43)n3c4ccccc4c4cccc-5c43)cccc2c1. The molecule has 220 valence electrons. The molecule has 0 atom stereocenters. The summed E-state index contributed by atoms with van der Waals surface area (Å²) in [4.78, 5) is 2.61. The van der Waals surface area contributed by atoms with Crippen molar-refractivity contribution in [3.05, 3.63) is 152 Å². The van der Waals surface area contributed by atoms with Crippen LogP contribution < -0.4 is 15.8 Å². The number of hydrogen-bond acceptors (Lipinski definition) is 2. The number of hydrogen-bond donors (Lipinski definition) is 0. The Morgan fingerprint density at radius 1 is 0.500 bits per heavy atom. The maximum absolute atomic E-state index is 2.67. The van der Waals surface area contributed by atoms with Gasteiger partial charge in [0.2, 0.25) is 0 Å². The highest BCUT2D eigenvalue weighted by atomic mass is 32.1. The number of anilines is 3. The number of fused-ring (bicyclic) bond motifs is 14. The first-order valence-corrected chi connectivity index (χ1v) is 17.5. The van der Waals surface area contributed by atoms with Gasteiger partial charge >= 0.3 is 6.85 Å². The van der Waals surface area contributed by atoms with E-state index in [0.717, 1.165) is 0 Å². The van der Waals surface area contributed by atoms with Crippen molar-refractivity contribution < 1.29 is 0 Å². The predicted octanol–water partition coefficient (Wildman–Crippen LogP) is 10.9. The number of aromatic nitrogens is 1. The minimum absolute atomic E-state index is 0.0150. The normalized spacial score (nSPS) is 13.3. The molecule has 0 unspecified atom stereocenters. The lowest BCUT2D eigenvalue weighted by Crippen LogP contribution is -2.56. The molecule has 0 bridgehead atoms. The number of nitrogens with zero attached hydrogens (tertiary/aromatic N) is 2. The van der Waals surface area contributed by atoms with Gasteiger partial charge < -0.3 is 9.38 Å². The van der Waals surface area contributed by atoms with Gasteiger partial charge in [0.05, 0.1) is 11.4 Å². The molecule has 4 heteroatoms. The zero-order valence-corrected chi connectivity index (χ0v) is 26.6. The minimum Gasteiger partial charge on any atom is -0.375 e. The van der Waals surface area contributed by atoms with Gasteiger partial charge in [-0.25, -0.2) is 0 Å². The molecule has 0 aliphatic carbocycles. The van der Waals surface area contributed by atoms with Gasteiger partial charge in [0.25, 0.3) is 0 Å². The van der Waals surface area contributed by atoms with Crippen molar-refractivity contribution in [3.63, 3.8) is 0 Å². The lowest BCUT2D eigenvalue weighted by molar-refractivity contribution is 1.28. The van der Waals surface area contributed by atoms with Crippen molar-refractivity contribution in [1.82, 2.24) is 4.48 Å². The standard InChI is InChI=1S/C44H25BN2S/c1-3-14-28-26(11-1)13-9-21-35(28)46-37-25-39-40(32-17-6-8-22-38(32)48-39)41-33-19-10-18-31-30-16-5-7-20-36(30)47(43(31)33)45(42(37)41)34-24-23-27-12-2-4-15-29(27)44(34)46/h1-25H. The van der Waals surface area contributed by atoms with Gasteiger partial charge in [-0.05, 0) is 51.5 Å². The molecule has 48 heavy (non-hydrogen) atoms. The number of rotatable bonds is 1. The van der Waals surface area contributed by atoms with Crippen molar-refractivity contribution in [3.8, 4) is 11.1 Å². The highest BCUT2D eigenvalue weighted by Crippen LogP contribution is 2.52. The van der Waals surface area contributed by atoms with E-state index in [-0.39, 0.29) is 6.85 Å². The molecule has 2 nitrogen and oxygen atoms in total. The quantitative estimate of drug-likeness (QED) is 0.165. The number of para-hydroxylation sites is 2. The zero-order chi connectivity index (χ0) is 31.1. The summed E-state index contributed by atoms with van der Waals surface area (Å²) < 4.78 is 5.33. The average molecular weight is 625 g/mol. The van der Waals surface area contributed by atoms with Crippen molar-refractivity contribution in [2.24, 2.45) is 0 Å². The molecule has 2 aromatic heterocycles. The van der Waals surface area contributed by atoms with Crippen LogP contribution in [-0.2, 0) is 0 Å². The Balaban J connectivity index is 1.37. The van der Waals surface area contributed by atoms with Gasteiger partial charge in [-0.2, -0.15) is 0 Å². The van der Waals surface area contributed by atoms with Crippen LogP contribution in [0, 0.1) is 0 Å². The van der Waals surface area contributed by atoms with Gasteiger partial charge in [0.1, 0.15) is 0 Å². The summed E-state index contributed by atoms with van der Waals surface area (Å²) in [5.74, 6) is 0. The van der Waals surface area contributed by atoms with E-state index in [0.29, 0.717) is 0 Å². The lowest BCUT2D eigenvalue weighted by atomic mass is 9.44. The summed E-state index contributed by atoms with van der Waals surface area (Å²) >= 11 is 1.92. The Morgan fingerprint density at radius 3 is 2.08 bits per heavy atom. The molecule has 0 saturated heterocycles. The first-order valence-electron chi connectivity index (χ1n) is 16.6. The fraction of sp³-hybridized carbons (Fsp3) is 0. The van der Waals surface area contributed by atoms with Crippen LogP contribution in [0.5, 0.6) is 0 Å². The van der Waals surface area contributed by atoms with Gasteiger partial charge in [-0.15, -0.1) is 11.3 Å². The molecular weight excluding hydrogens is 599 g/mol. The fourth-order valence-corrected chi connectivity index (χ4v) is 10.2. The van der Waals surface area contributed by atoms with Crippen LogP contribution in [-0.4, -0.2) is 11.3 Å². The molecular formula is C44H25BN2S. The summed E-state index contributed by atoms with van der Waals surface area (Å²) in [6, 6.07) is 56.7. The van der Waals surface area contributed by atoms with Gasteiger partial charge in [-0.3, -0.25) is 0 Å². The van der Waals surface area contributed by atoms with Crippen LogP contribution in [0.4, 0.5) is 17.1 Å². The summed E-state index contributed by atoms with van der Waals surface area (Å²) in [6.45, 7) is 0.0150.